The Balaban J connectivity index is 2.02. The molecule has 0 aromatic carbocycles. The quantitative estimate of drug-likeness (QED) is 0.870. The summed E-state index contributed by atoms with van der Waals surface area (Å²) >= 11 is 0. The van der Waals surface area contributed by atoms with Crippen LogP contribution in [0.1, 0.15) is 51.3 Å². The van der Waals surface area contributed by atoms with Gasteiger partial charge in [0.25, 0.3) is 5.95 Å². The van der Waals surface area contributed by atoms with E-state index in [0.29, 0.717) is 11.9 Å². The molecular formula is C12H21N3O2. The van der Waals surface area contributed by atoms with Gasteiger partial charge in [0.15, 0.2) is 0 Å². The van der Waals surface area contributed by atoms with Crippen LogP contribution in [0.15, 0.2) is 4.52 Å². The van der Waals surface area contributed by atoms with E-state index in [0.717, 1.165) is 44.7 Å². The summed E-state index contributed by atoms with van der Waals surface area (Å²) in [7, 11) is 0. The number of aromatic nitrogens is 2. The van der Waals surface area contributed by atoms with Crippen LogP contribution in [0, 0.1) is 0 Å². The molecule has 0 radical (unpaired) electrons. The Kier molecular flexibility index (Phi) is 3.99. The van der Waals surface area contributed by atoms with Crippen molar-refractivity contribution in [1.82, 2.24) is 10.1 Å². The minimum Gasteiger partial charge on any atom is -0.393 e. The number of nitrogens with zero attached hydrogens (tertiary/aromatic N) is 3. The van der Waals surface area contributed by atoms with Crippen molar-refractivity contribution >= 4 is 5.95 Å². The zero-order valence-corrected chi connectivity index (χ0v) is 10.6. The Morgan fingerprint density at radius 3 is 2.47 bits per heavy atom. The van der Waals surface area contributed by atoms with Crippen LogP contribution in [0.2, 0.25) is 0 Å². The Labute approximate surface area is 102 Å². The molecule has 1 heterocycles. The zero-order chi connectivity index (χ0) is 12.3. The fraction of sp³-hybridized carbons (Fsp3) is 0.833. The monoisotopic (exact) mass is 239 g/mol. The van der Waals surface area contributed by atoms with Crippen LogP contribution < -0.4 is 4.90 Å². The zero-order valence-electron chi connectivity index (χ0n) is 10.6. The van der Waals surface area contributed by atoms with Crippen LogP contribution in [0.5, 0.6) is 0 Å². The fourth-order valence-electron chi connectivity index (χ4n) is 2.35. The third kappa shape index (κ3) is 2.77. The summed E-state index contributed by atoms with van der Waals surface area (Å²) in [6.45, 7) is 5.94. The second-order valence-corrected chi connectivity index (χ2v) is 4.61. The van der Waals surface area contributed by atoms with Crippen molar-refractivity contribution in [3.63, 3.8) is 0 Å². The molecule has 1 aliphatic rings. The van der Waals surface area contributed by atoms with Gasteiger partial charge in [0.2, 0.25) is 5.89 Å². The van der Waals surface area contributed by atoms with Crippen molar-refractivity contribution in [2.24, 2.45) is 0 Å². The predicted molar refractivity (Wildman–Crippen MR) is 65.1 cm³/mol. The summed E-state index contributed by atoms with van der Waals surface area (Å²) in [6, 6.07) is 0. The first kappa shape index (κ1) is 12.4. The first-order chi connectivity index (χ1) is 8.24. The van der Waals surface area contributed by atoms with E-state index in [1.807, 2.05) is 0 Å². The molecule has 1 N–H and O–H groups in total. The summed E-state index contributed by atoms with van der Waals surface area (Å²) in [4.78, 5) is 6.54. The number of anilines is 1. The highest BCUT2D eigenvalue weighted by atomic mass is 16.5. The molecule has 5 nitrogen and oxygen atoms in total. The predicted octanol–water partition coefficient (Wildman–Crippen LogP) is 1.93. The lowest BCUT2D eigenvalue weighted by Gasteiger charge is -2.22. The number of hydrogen-bond donors (Lipinski definition) is 1. The van der Waals surface area contributed by atoms with E-state index in [1.54, 1.807) is 0 Å². The topological polar surface area (TPSA) is 62.4 Å². The maximum atomic E-state index is 9.47. The molecule has 1 fully saturated rings. The third-order valence-corrected chi connectivity index (χ3v) is 3.52. The van der Waals surface area contributed by atoms with Gasteiger partial charge in [-0.05, 0) is 44.7 Å². The standard InChI is InChI=1S/C12H21N3O2/c1-3-15(4-2)12-13-11(17-14-12)9-5-7-10(16)8-6-9/h9-10,16H,3-8H2,1-2H3. The highest BCUT2D eigenvalue weighted by molar-refractivity contribution is 5.27. The molecule has 0 unspecified atom stereocenters. The van der Waals surface area contributed by atoms with Crippen LogP contribution in [0.4, 0.5) is 5.95 Å². The summed E-state index contributed by atoms with van der Waals surface area (Å²) in [6.07, 6.45) is 3.43. The molecular weight excluding hydrogens is 218 g/mol. The Bertz CT molecular complexity index is 341. The molecule has 1 saturated carbocycles. The van der Waals surface area contributed by atoms with E-state index in [9.17, 15) is 5.11 Å². The molecule has 1 aromatic heterocycles. The van der Waals surface area contributed by atoms with E-state index < -0.39 is 0 Å². The van der Waals surface area contributed by atoms with Gasteiger partial charge in [0, 0.05) is 19.0 Å². The number of aliphatic hydroxyl groups excluding tert-OH is 1. The summed E-state index contributed by atoms with van der Waals surface area (Å²) in [5.74, 6) is 1.75. The van der Waals surface area contributed by atoms with Crippen LogP contribution in [-0.2, 0) is 0 Å². The minimum atomic E-state index is -0.142. The lowest BCUT2D eigenvalue weighted by atomic mass is 9.87. The molecule has 96 valence electrons. The summed E-state index contributed by atoms with van der Waals surface area (Å²) in [5, 5.41) is 13.5. The third-order valence-electron chi connectivity index (χ3n) is 3.52. The van der Waals surface area contributed by atoms with E-state index in [2.05, 4.69) is 28.9 Å². The normalized spacial score (nSPS) is 24.9. The van der Waals surface area contributed by atoms with E-state index in [4.69, 9.17) is 4.52 Å². The molecule has 0 amide bonds. The van der Waals surface area contributed by atoms with E-state index in [-0.39, 0.29) is 6.10 Å². The molecule has 0 spiro atoms. The van der Waals surface area contributed by atoms with E-state index >= 15 is 0 Å². The van der Waals surface area contributed by atoms with Crippen molar-refractivity contribution in [3.8, 4) is 0 Å². The van der Waals surface area contributed by atoms with Crippen molar-refractivity contribution < 1.29 is 9.63 Å². The van der Waals surface area contributed by atoms with Crippen molar-refractivity contribution in [2.75, 3.05) is 18.0 Å². The van der Waals surface area contributed by atoms with Crippen molar-refractivity contribution in [2.45, 2.75) is 51.6 Å². The molecule has 1 aliphatic carbocycles. The molecule has 17 heavy (non-hydrogen) atoms. The van der Waals surface area contributed by atoms with Gasteiger partial charge in [-0.25, -0.2) is 0 Å². The highest BCUT2D eigenvalue weighted by Gasteiger charge is 2.25. The van der Waals surface area contributed by atoms with Gasteiger partial charge < -0.3 is 14.5 Å². The van der Waals surface area contributed by atoms with Crippen LogP contribution in [0.3, 0.4) is 0 Å². The smallest absolute Gasteiger partial charge is 0.266 e. The van der Waals surface area contributed by atoms with Gasteiger partial charge in [-0.3, -0.25) is 0 Å². The number of rotatable bonds is 4. The first-order valence-electron chi connectivity index (χ1n) is 6.51. The molecule has 0 atom stereocenters. The minimum absolute atomic E-state index is 0.142. The molecule has 0 saturated heterocycles. The SMILES string of the molecule is CCN(CC)c1noc(C2CCC(O)CC2)n1. The largest absolute Gasteiger partial charge is 0.393 e. The number of hydrogen-bond acceptors (Lipinski definition) is 5. The van der Waals surface area contributed by atoms with Crippen molar-refractivity contribution in [3.05, 3.63) is 5.89 Å². The van der Waals surface area contributed by atoms with E-state index in [1.165, 1.54) is 0 Å². The van der Waals surface area contributed by atoms with Gasteiger partial charge in [0.1, 0.15) is 0 Å². The van der Waals surface area contributed by atoms with Gasteiger partial charge in [0.05, 0.1) is 6.10 Å². The molecule has 5 heteroatoms. The maximum absolute atomic E-state index is 9.47. The molecule has 1 aromatic rings. The average molecular weight is 239 g/mol. The molecule has 0 aliphatic heterocycles. The Morgan fingerprint density at radius 2 is 1.88 bits per heavy atom. The summed E-state index contributed by atoms with van der Waals surface area (Å²) in [5.41, 5.74) is 0. The van der Waals surface area contributed by atoms with Gasteiger partial charge in [-0.2, -0.15) is 4.98 Å². The van der Waals surface area contributed by atoms with Crippen LogP contribution in [0.25, 0.3) is 0 Å². The number of aliphatic hydroxyl groups is 1. The average Bonchev–Trinajstić information content (AvgIpc) is 2.81. The second kappa shape index (κ2) is 5.49. The molecule has 0 bridgehead atoms. The lowest BCUT2D eigenvalue weighted by molar-refractivity contribution is 0.116. The van der Waals surface area contributed by atoms with Gasteiger partial charge in [-0.1, -0.05) is 0 Å². The summed E-state index contributed by atoms with van der Waals surface area (Å²) < 4.78 is 5.34. The van der Waals surface area contributed by atoms with Gasteiger partial charge in [-0.15, -0.1) is 0 Å². The first-order valence-corrected chi connectivity index (χ1v) is 6.51. The molecule has 2 rings (SSSR count). The van der Waals surface area contributed by atoms with Crippen molar-refractivity contribution in [1.29, 1.82) is 0 Å². The van der Waals surface area contributed by atoms with Gasteiger partial charge >= 0.3 is 0 Å². The Morgan fingerprint density at radius 1 is 1.24 bits per heavy atom. The lowest BCUT2D eigenvalue weighted by Crippen LogP contribution is -2.23. The maximum Gasteiger partial charge on any atom is 0.266 e. The fourth-order valence-corrected chi connectivity index (χ4v) is 2.35. The second-order valence-electron chi connectivity index (χ2n) is 4.61. The van der Waals surface area contributed by atoms with Crippen LogP contribution >= 0.6 is 0 Å². The highest BCUT2D eigenvalue weighted by Crippen LogP contribution is 2.32. The van der Waals surface area contributed by atoms with Crippen LogP contribution in [-0.4, -0.2) is 34.4 Å². The Hall–Kier alpha value is -1.10.